The second kappa shape index (κ2) is 22.0. The van der Waals surface area contributed by atoms with E-state index in [1.54, 1.807) is 0 Å². The van der Waals surface area contributed by atoms with E-state index in [9.17, 15) is 41.7 Å². The van der Waals surface area contributed by atoms with Crippen molar-refractivity contribution in [1.82, 2.24) is 9.44 Å². The molecule has 8 aliphatic rings. The number of amides is 2. The van der Waals surface area contributed by atoms with E-state index in [-0.39, 0.29) is 82.0 Å². The number of rotatable bonds is 14. The smallest absolute Gasteiger partial charge is 0.233 e. The second-order valence-corrected chi connectivity index (χ2v) is 36.1. The van der Waals surface area contributed by atoms with Crippen LogP contribution in [-0.4, -0.2) is 102 Å². The minimum Gasteiger partial charge on any atom is -0.414 e. The molecule has 0 aliphatic heterocycles. The zero-order valence-corrected chi connectivity index (χ0v) is 50.2. The summed E-state index contributed by atoms with van der Waals surface area (Å²) in [6, 6.07) is 0. The number of aliphatic hydroxyl groups excluding tert-OH is 3. The number of sulfonamides is 2. The van der Waals surface area contributed by atoms with Crippen LogP contribution in [0.2, 0.25) is 19.6 Å². The largest absolute Gasteiger partial charge is 0.414 e. The zero-order valence-electron chi connectivity index (χ0n) is 47.5. The van der Waals surface area contributed by atoms with Gasteiger partial charge >= 0.3 is 0 Å². The summed E-state index contributed by atoms with van der Waals surface area (Å²) in [5.41, 5.74) is -0.143. The lowest BCUT2D eigenvalue weighted by atomic mass is 9.41. The molecule has 0 aromatic carbocycles. The molecule has 8 saturated carbocycles. The Morgan fingerprint density at radius 1 is 0.595 bits per heavy atom. The average Bonchev–Trinajstić information content (AvgIpc) is 3.84. The van der Waals surface area contributed by atoms with Crippen molar-refractivity contribution in [2.75, 3.05) is 12.5 Å². The van der Waals surface area contributed by atoms with Crippen LogP contribution >= 0.6 is 0 Å². The van der Waals surface area contributed by atoms with Gasteiger partial charge in [-0.2, -0.15) is 0 Å². The molecule has 12 nitrogen and oxygen atoms in total. The lowest BCUT2D eigenvalue weighted by molar-refractivity contribution is -0.222. The van der Waals surface area contributed by atoms with Crippen LogP contribution in [0.15, 0.2) is 0 Å². The molecule has 0 saturated heterocycles. The summed E-state index contributed by atoms with van der Waals surface area (Å²) >= 11 is 0. The van der Waals surface area contributed by atoms with Gasteiger partial charge in [-0.05, 0) is 202 Å². The fourth-order valence-corrected chi connectivity index (χ4v) is 22.3. The molecule has 0 aromatic rings. The van der Waals surface area contributed by atoms with Gasteiger partial charge in [0.05, 0.1) is 36.9 Å². The molecule has 0 bridgehead atoms. The summed E-state index contributed by atoms with van der Waals surface area (Å²) in [6.07, 6.45) is 11.8. The van der Waals surface area contributed by atoms with E-state index in [1.807, 2.05) is 6.92 Å². The van der Waals surface area contributed by atoms with Crippen LogP contribution in [0, 0.1) is 105 Å². The monoisotopic (exact) mass is 1100 g/mol. The van der Waals surface area contributed by atoms with Crippen molar-refractivity contribution in [3.63, 3.8) is 0 Å². The highest BCUT2D eigenvalue weighted by Gasteiger charge is 2.69. The summed E-state index contributed by atoms with van der Waals surface area (Å²) in [4.78, 5) is 24.3. The van der Waals surface area contributed by atoms with Gasteiger partial charge < -0.3 is 19.7 Å². The third kappa shape index (κ3) is 11.4. The zero-order chi connectivity index (χ0) is 55.1. The van der Waals surface area contributed by atoms with Gasteiger partial charge in [-0.1, -0.05) is 68.2 Å². The van der Waals surface area contributed by atoms with Crippen LogP contribution in [0.1, 0.15) is 171 Å². The summed E-state index contributed by atoms with van der Waals surface area (Å²) in [6.45, 7) is 24.8. The van der Waals surface area contributed by atoms with Gasteiger partial charge in [0.2, 0.25) is 31.9 Å². The number of hydrogen-bond donors (Lipinski definition) is 5. The molecule has 0 spiro atoms. The molecule has 74 heavy (non-hydrogen) atoms. The number of carbonyl (C=O) groups is 2. The van der Waals surface area contributed by atoms with Gasteiger partial charge in [0.25, 0.3) is 0 Å². The number of aliphatic hydroxyl groups is 3. The summed E-state index contributed by atoms with van der Waals surface area (Å²) in [5, 5.41) is 32.7. The minimum atomic E-state index is -3.54. The number of carbonyl (C=O) groups excluding carboxylic acids is 2. The van der Waals surface area contributed by atoms with Crippen molar-refractivity contribution in [2.45, 2.75) is 227 Å². The van der Waals surface area contributed by atoms with Crippen LogP contribution in [0.3, 0.4) is 0 Å². The first-order valence-electron chi connectivity index (χ1n) is 29.2. The number of halogens is 2. The second-order valence-electron chi connectivity index (χ2n) is 28.2. The maximum atomic E-state index is 16.0. The molecular formula is C57H100F2N2O10S2Si. The van der Waals surface area contributed by atoms with Gasteiger partial charge in [0, 0.05) is 24.7 Å². The van der Waals surface area contributed by atoms with Crippen LogP contribution in [0.25, 0.3) is 0 Å². The highest BCUT2D eigenvalue weighted by molar-refractivity contribution is 7.89. The predicted molar refractivity (Wildman–Crippen MR) is 289 cm³/mol. The SMILES string of the molecule is CC[C@@H]1[C@@H]2[C@@H](F)[C@H](O)CC[C@]2(C)C2CC[C@@]3(C)C(CCC3[C@H](C)CCC(=O)NS(C)(=O)=O)C2[C@@H]1O.CC[C@@H]1[C@@H]2[C@@H](F)[C@H](O)CC[C@]2(C)C2CC[C@@]3(C)C(CCC3[C@H](C)CCC(=O)NS(C)(=O)=O)C2[C@@H]1O[Si](C)(C)C. The molecule has 17 heteroatoms. The Bertz CT molecular complexity index is 2240. The minimum absolute atomic E-state index is 0.0208. The van der Waals surface area contributed by atoms with Crippen molar-refractivity contribution in [1.29, 1.82) is 0 Å². The molecular weight excluding hydrogens is 1000 g/mol. The summed E-state index contributed by atoms with van der Waals surface area (Å²) in [5.74, 6) is 2.16. The van der Waals surface area contributed by atoms with Crippen molar-refractivity contribution >= 4 is 40.2 Å². The fourth-order valence-electron chi connectivity index (χ4n) is 20.1. The standard InChI is InChI=1S/C30H54FNO5SSi.C27H46FNO5S/c1-9-19-26-27(31)23(33)15-17-30(26,4)22-14-16-29(3)20(18(2)10-13-24(34)32-38(5,35)36)11-12-21(29)25(22)28(19)37-39(6,7)8;1-6-16-23-24(28)20(30)12-14-27(23,4)19-11-13-26(3)17(8-9-18(26)22(19)25(16)32)15(2)7-10-21(31)29-35(5,33)34/h18-23,25-28,33H,9-17H2,1-8H3,(H,32,34);15-20,22-25,30,32H,6-14H2,1-5H3,(H,29,31)/t18-,19-,20?,21?,22?,23-,25?,26-,27+,28-,29-,30-;15-,16-,17?,18?,19?,20-,22?,23-,24+,25-,26-,27-/m11/s1. The topological polar surface area (TPSA) is 196 Å². The third-order valence-electron chi connectivity index (χ3n) is 23.0. The van der Waals surface area contributed by atoms with E-state index in [0.717, 1.165) is 89.6 Å². The lowest BCUT2D eigenvalue weighted by Crippen LogP contribution is -2.66. The van der Waals surface area contributed by atoms with Gasteiger partial charge in [-0.25, -0.2) is 25.6 Å². The van der Waals surface area contributed by atoms with Gasteiger partial charge in [0.15, 0.2) is 8.32 Å². The van der Waals surface area contributed by atoms with Crippen LogP contribution in [0.5, 0.6) is 0 Å². The quantitative estimate of drug-likeness (QED) is 0.104. The molecule has 0 aromatic heterocycles. The highest BCUT2D eigenvalue weighted by Crippen LogP contribution is 2.72. The number of nitrogens with one attached hydrogen (secondary N) is 2. The first-order valence-corrected chi connectivity index (χ1v) is 36.4. The normalized spacial score (nSPS) is 46.7. The fraction of sp³-hybridized carbons (Fsp3) is 0.965. The highest BCUT2D eigenvalue weighted by atomic mass is 32.2. The van der Waals surface area contributed by atoms with E-state index in [0.29, 0.717) is 67.1 Å². The van der Waals surface area contributed by atoms with Crippen molar-refractivity contribution in [3.8, 4) is 0 Å². The summed E-state index contributed by atoms with van der Waals surface area (Å²) < 4.78 is 88.4. The first-order chi connectivity index (χ1) is 34.2. The molecule has 8 unspecified atom stereocenters. The molecule has 8 fully saturated rings. The van der Waals surface area contributed by atoms with Gasteiger partial charge in [-0.15, -0.1) is 0 Å². The van der Waals surface area contributed by atoms with Crippen molar-refractivity contribution < 1.29 is 55.0 Å². The number of hydrogen-bond acceptors (Lipinski definition) is 10. The van der Waals surface area contributed by atoms with Crippen LogP contribution < -0.4 is 9.44 Å². The van der Waals surface area contributed by atoms with E-state index < -0.39 is 70.8 Å². The van der Waals surface area contributed by atoms with E-state index in [2.05, 4.69) is 77.6 Å². The van der Waals surface area contributed by atoms with E-state index >= 15 is 8.78 Å². The van der Waals surface area contributed by atoms with Gasteiger partial charge in [0.1, 0.15) is 12.3 Å². The third-order valence-corrected chi connectivity index (χ3v) is 25.2. The Morgan fingerprint density at radius 2 is 0.959 bits per heavy atom. The van der Waals surface area contributed by atoms with Gasteiger partial charge in [-0.3, -0.25) is 19.0 Å². The maximum Gasteiger partial charge on any atom is 0.233 e. The summed E-state index contributed by atoms with van der Waals surface area (Å²) in [7, 11) is -9.01. The van der Waals surface area contributed by atoms with Crippen LogP contribution in [-0.2, 0) is 34.1 Å². The van der Waals surface area contributed by atoms with Crippen molar-refractivity contribution in [3.05, 3.63) is 0 Å². The molecule has 2 amide bonds. The Balaban J connectivity index is 0.000000217. The molecule has 0 heterocycles. The van der Waals surface area contributed by atoms with E-state index in [4.69, 9.17) is 4.43 Å². The molecule has 0 radical (unpaired) electrons. The average molecular weight is 1100 g/mol. The molecule has 8 rings (SSSR count). The maximum absolute atomic E-state index is 16.0. The van der Waals surface area contributed by atoms with Crippen molar-refractivity contribution in [2.24, 2.45) is 105 Å². The van der Waals surface area contributed by atoms with E-state index in [1.165, 1.54) is 0 Å². The predicted octanol–water partition coefficient (Wildman–Crippen LogP) is 9.97. The number of fused-ring (bicyclic) bond motifs is 10. The first kappa shape index (κ1) is 60.4. The Labute approximate surface area is 446 Å². The molecule has 8 aliphatic carbocycles. The Morgan fingerprint density at radius 3 is 1.35 bits per heavy atom. The molecule has 428 valence electrons. The number of alkyl halides is 2. The molecule has 5 N–H and O–H groups in total. The molecule has 24 atom stereocenters. The lowest BCUT2D eigenvalue weighted by Gasteiger charge is -2.66. The Kier molecular flexibility index (Phi) is 18.0. The van der Waals surface area contributed by atoms with Crippen LogP contribution in [0.4, 0.5) is 8.78 Å². The Hall–Kier alpha value is -1.24.